The maximum Gasteiger partial charge on any atom is 0.307 e. The van der Waals surface area contributed by atoms with Crippen LogP contribution in [0.2, 0.25) is 0 Å². The smallest absolute Gasteiger partial charge is 0.307 e. The Morgan fingerprint density at radius 1 is 1.24 bits per heavy atom. The van der Waals surface area contributed by atoms with E-state index in [1.165, 1.54) is 19.2 Å². The van der Waals surface area contributed by atoms with Crippen molar-refractivity contribution in [3.8, 4) is 11.5 Å². The zero-order valence-corrected chi connectivity index (χ0v) is 16.5. The number of carboxylic acid groups (broad SMARTS) is 1. The maximum atomic E-state index is 14.7. The average Bonchev–Trinajstić information content (AvgIpc) is 2.71. The normalized spacial score (nSPS) is 18.3. The molecular formula is C22H25F2NO4. The second-order valence-electron chi connectivity index (χ2n) is 7.08. The Bertz CT molecular complexity index is 874. The fraction of sp³-hybridized carbons (Fsp3) is 0.409. The molecule has 1 N–H and O–H groups in total. The summed E-state index contributed by atoms with van der Waals surface area (Å²) in [6.45, 7) is 3.23. The first-order chi connectivity index (χ1) is 13.9. The van der Waals surface area contributed by atoms with E-state index in [9.17, 15) is 18.7 Å². The minimum Gasteiger partial charge on any atom is -0.493 e. The highest BCUT2D eigenvalue weighted by molar-refractivity contribution is 5.70. The molecule has 1 aliphatic heterocycles. The van der Waals surface area contributed by atoms with Crippen LogP contribution in [0.4, 0.5) is 8.78 Å². The van der Waals surface area contributed by atoms with Crippen molar-refractivity contribution in [3.05, 3.63) is 59.2 Å². The number of ether oxygens (including phenoxy) is 2. The number of piperidine rings is 1. The molecule has 7 heteroatoms. The van der Waals surface area contributed by atoms with Crippen molar-refractivity contribution in [2.75, 3.05) is 26.8 Å². The molecule has 0 spiro atoms. The summed E-state index contributed by atoms with van der Waals surface area (Å²) in [4.78, 5) is 13.5. The molecule has 0 amide bonds. The lowest BCUT2D eigenvalue weighted by Crippen LogP contribution is -2.41. The molecule has 1 saturated heterocycles. The van der Waals surface area contributed by atoms with Gasteiger partial charge < -0.3 is 14.6 Å². The monoisotopic (exact) mass is 405 g/mol. The van der Waals surface area contributed by atoms with E-state index in [1.54, 1.807) is 12.1 Å². The van der Waals surface area contributed by atoms with Crippen molar-refractivity contribution >= 4 is 5.97 Å². The number of hydrogen-bond acceptors (Lipinski definition) is 4. The summed E-state index contributed by atoms with van der Waals surface area (Å²) in [6.07, 6.45) is 1.27. The minimum atomic E-state index is -0.864. The van der Waals surface area contributed by atoms with Crippen LogP contribution in [0.15, 0.2) is 36.4 Å². The van der Waals surface area contributed by atoms with Gasteiger partial charge in [0.2, 0.25) is 0 Å². The van der Waals surface area contributed by atoms with Crippen molar-refractivity contribution in [1.82, 2.24) is 4.90 Å². The molecule has 0 aliphatic carbocycles. The highest BCUT2D eigenvalue weighted by Crippen LogP contribution is 2.38. The molecule has 0 radical (unpaired) electrons. The van der Waals surface area contributed by atoms with Gasteiger partial charge >= 0.3 is 5.97 Å². The molecule has 3 rings (SSSR count). The predicted octanol–water partition coefficient (Wildman–Crippen LogP) is 4.26. The summed E-state index contributed by atoms with van der Waals surface area (Å²) in [5.41, 5.74) is 1.02. The van der Waals surface area contributed by atoms with Crippen LogP contribution in [-0.2, 0) is 4.79 Å². The molecule has 2 aromatic rings. The number of halogens is 2. The molecule has 0 aromatic heterocycles. The number of methoxy groups -OCH3 is 1. The largest absolute Gasteiger partial charge is 0.493 e. The summed E-state index contributed by atoms with van der Waals surface area (Å²) < 4.78 is 39.2. The molecule has 5 nitrogen and oxygen atoms in total. The lowest BCUT2D eigenvalue weighted by atomic mass is 9.91. The van der Waals surface area contributed by atoms with Crippen LogP contribution in [0.3, 0.4) is 0 Å². The van der Waals surface area contributed by atoms with Gasteiger partial charge in [0.15, 0.2) is 11.5 Å². The van der Waals surface area contributed by atoms with Gasteiger partial charge in [0, 0.05) is 18.2 Å². The second kappa shape index (κ2) is 9.22. The summed E-state index contributed by atoms with van der Waals surface area (Å²) in [6, 6.07) is 8.26. The van der Waals surface area contributed by atoms with E-state index in [0.29, 0.717) is 43.1 Å². The van der Waals surface area contributed by atoms with Gasteiger partial charge in [-0.3, -0.25) is 9.69 Å². The number of likely N-dealkylation sites (tertiary alicyclic amines) is 1. The van der Waals surface area contributed by atoms with Crippen molar-refractivity contribution in [3.63, 3.8) is 0 Å². The summed E-state index contributed by atoms with van der Waals surface area (Å²) in [7, 11) is 1.52. The molecule has 156 valence electrons. The number of nitrogens with zero attached hydrogens (tertiary/aromatic N) is 1. The molecule has 0 saturated carbocycles. The van der Waals surface area contributed by atoms with Gasteiger partial charge in [-0.05, 0) is 50.1 Å². The maximum absolute atomic E-state index is 14.7. The first-order valence-corrected chi connectivity index (χ1v) is 9.67. The predicted molar refractivity (Wildman–Crippen MR) is 104 cm³/mol. The summed E-state index contributed by atoms with van der Waals surface area (Å²) in [5.74, 6) is -1.64. The van der Waals surface area contributed by atoms with E-state index >= 15 is 0 Å². The van der Waals surface area contributed by atoms with Gasteiger partial charge in [-0.25, -0.2) is 8.78 Å². The van der Waals surface area contributed by atoms with Crippen LogP contribution in [0, 0.1) is 17.6 Å². The number of aliphatic carboxylic acids is 1. The Balaban J connectivity index is 2.06. The van der Waals surface area contributed by atoms with E-state index in [1.807, 2.05) is 17.9 Å². The van der Waals surface area contributed by atoms with Crippen LogP contribution in [0.1, 0.15) is 36.9 Å². The number of carbonyl (C=O) groups is 1. The Kier molecular flexibility index (Phi) is 6.69. The Morgan fingerprint density at radius 2 is 2.03 bits per heavy atom. The average molecular weight is 405 g/mol. The third-order valence-electron chi connectivity index (χ3n) is 5.23. The fourth-order valence-electron chi connectivity index (χ4n) is 3.88. The molecule has 2 unspecified atom stereocenters. The highest BCUT2D eigenvalue weighted by Gasteiger charge is 2.33. The molecule has 0 bridgehead atoms. The number of rotatable bonds is 7. The molecule has 1 aliphatic rings. The van der Waals surface area contributed by atoms with E-state index in [4.69, 9.17) is 9.47 Å². The molecule has 1 heterocycles. The Morgan fingerprint density at radius 3 is 2.69 bits per heavy atom. The van der Waals surface area contributed by atoms with Crippen LogP contribution in [0.5, 0.6) is 11.5 Å². The van der Waals surface area contributed by atoms with Gasteiger partial charge in [-0.2, -0.15) is 0 Å². The third kappa shape index (κ3) is 4.67. The SMILES string of the molecule is CCOc1ccc(C(c2ccc(F)cc2F)N2CCCC(C(=O)O)C2)cc1OC. The van der Waals surface area contributed by atoms with Crippen LogP contribution < -0.4 is 9.47 Å². The molecule has 2 aromatic carbocycles. The number of hydrogen-bond donors (Lipinski definition) is 1. The molecule has 2 atom stereocenters. The first-order valence-electron chi connectivity index (χ1n) is 9.67. The quantitative estimate of drug-likeness (QED) is 0.746. The Labute approximate surface area is 168 Å². The van der Waals surface area contributed by atoms with E-state index < -0.39 is 29.6 Å². The van der Waals surface area contributed by atoms with Crippen molar-refractivity contribution in [2.24, 2.45) is 5.92 Å². The van der Waals surface area contributed by atoms with Crippen molar-refractivity contribution in [2.45, 2.75) is 25.8 Å². The van der Waals surface area contributed by atoms with Crippen LogP contribution in [-0.4, -0.2) is 42.8 Å². The van der Waals surface area contributed by atoms with Gasteiger partial charge in [0.1, 0.15) is 11.6 Å². The lowest BCUT2D eigenvalue weighted by Gasteiger charge is -2.37. The Hall–Kier alpha value is -2.67. The molecular weight excluding hydrogens is 380 g/mol. The van der Waals surface area contributed by atoms with E-state index in [-0.39, 0.29) is 6.54 Å². The van der Waals surface area contributed by atoms with Crippen molar-refractivity contribution in [1.29, 1.82) is 0 Å². The fourth-order valence-corrected chi connectivity index (χ4v) is 3.88. The van der Waals surface area contributed by atoms with Crippen molar-refractivity contribution < 1.29 is 28.2 Å². The first kappa shape index (κ1) is 21.0. The van der Waals surface area contributed by atoms with Crippen LogP contribution in [0.25, 0.3) is 0 Å². The molecule has 1 fully saturated rings. The summed E-state index contributed by atoms with van der Waals surface area (Å²) >= 11 is 0. The number of carboxylic acids is 1. The zero-order valence-electron chi connectivity index (χ0n) is 16.5. The summed E-state index contributed by atoms with van der Waals surface area (Å²) in [5, 5.41) is 9.46. The molecule has 29 heavy (non-hydrogen) atoms. The van der Waals surface area contributed by atoms with E-state index in [0.717, 1.165) is 11.6 Å². The van der Waals surface area contributed by atoms with Crippen LogP contribution >= 0.6 is 0 Å². The third-order valence-corrected chi connectivity index (χ3v) is 5.23. The highest BCUT2D eigenvalue weighted by atomic mass is 19.1. The van der Waals surface area contributed by atoms with Gasteiger partial charge in [0.05, 0.1) is 25.7 Å². The van der Waals surface area contributed by atoms with E-state index in [2.05, 4.69) is 0 Å². The minimum absolute atomic E-state index is 0.284. The van der Waals surface area contributed by atoms with Gasteiger partial charge in [-0.1, -0.05) is 12.1 Å². The van der Waals surface area contributed by atoms with Gasteiger partial charge in [-0.15, -0.1) is 0 Å². The number of benzene rings is 2. The lowest BCUT2D eigenvalue weighted by molar-refractivity contribution is -0.143. The van der Waals surface area contributed by atoms with Gasteiger partial charge in [0.25, 0.3) is 0 Å². The zero-order chi connectivity index (χ0) is 21.0. The topological polar surface area (TPSA) is 59.0 Å². The second-order valence-corrected chi connectivity index (χ2v) is 7.08. The standard InChI is InChI=1S/C22H25F2NO4/c1-3-29-19-9-6-14(11-20(19)28-2)21(17-8-7-16(23)12-18(17)24)25-10-4-5-15(13-25)22(26)27/h6-9,11-12,15,21H,3-5,10,13H2,1-2H3,(H,26,27).